The lowest BCUT2D eigenvalue weighted by molar-refractivity contribution is 0.282. The Labute approximate surface area is 131 Å². The van der Waals surface area contributed by atoms with Crippen LogP contribution in [0.4, 0.5) is 0 Å². The Morgan fingerprint density at radius 2 is 2.05 bits per heavy atom. The van der Waals surface area contributed by atoms with Crippen molar-refractivity contribution in [3.63, 3.8) is 0 Å². The van der Waals surface area contributed by atoms with Crippen molar-refractivity contribution >= 4 is 21.6 Å². The molecule has 0 saturated heterocycles. The van der Waals surface area contributed by atoms with Gasteiger partial charge >= 0.3 is 0 Å². The van der Waals surface area contributed by atoms with Gasteiger partial charge in [0.1, 0.15) is 5.75 Å². The molecule has 0 aliphatic heterocycles. The first kappa shape index (κ1) is 16.6. The van der Waals surface area contributed by atoms with E-state index in [1.807, 2.05) is 0 Å². The van der Waals surface area contributed by atoms with E-state index in [1.165, 1.54) is 25.7 Å². The molecule has 0 heterocycles. The lowest BCUT2D eigenvalue weighted by Crippen LogP contribution is -2.41. The Morgan fingerprint density at radius 3 is 2.67 bits per heavy atom. The van der Waals surface area contributed by atoms with Crippen LogP contribution in [0.2, 0.25) is 5.02 Å². The average molecular weight is 332 g/mol. The molecule has 6 heteroatoms. The van der Waals surface area contributed by atoms with Gasteiger partial charge in [0.2, 0.25) is 10.0 Å². The maximum Gasteiger partial charge on any atom is 0.240 e. The van der Waals surface area contributed by atoms with Crippen LogP contribution in [0.15, 0.2) is 23.1 Å². The molecule has 1 N–H and O–H groups in total. The van der Waals surface area contributed by atoms with Crippen molar-refractivity contribution in [2.24, 2.45) is 5.92 Å². The summed E-state index contributed by atoms with van der Waals surface area (Å²) in [6.45, 7) is 2.11. The van der Waals surface area contributed by atoms with E-state index < -0.39 is 10.0 Å². The lowest BCUT2D eigenvalue weighted by atomic mass is 9.83. The number of hydrogen-bond donors (Lipinski definition) is 1. The first-order chi connectivity index (χ1) is 9.97. The zero-order valence-corrected chi connectivity index (χ0v) is 14.0. The molecule has 0 spiro atoms. The smallest absolute Gasteiger partial charge is 0.240 e. The molecule has 1 aromatic rings. The van der Waals surface area contributed by atoms with Crippen LogP contribution in [0.5, 0.6) is 5.75 Å². The van der Waals surface area contributed by atoms with Gasteiger partial charge in [-0.15, -0.1) is 0 Å². The number of nitrogens with one attached hydrogen (secondary N) is 1. The zero-order chi connectivity index (χ0) is 15.5. The largest absolute Gasteiger partial charge is 0.495 e. The number of sulfonamides is 1. The Bertz CT molecular complexity index is 589. The van der Waals surface area contributed by atoms with Crippen molar-refractivity contribution in [2.45, 2.75) is 50.0 Å². The molecule has 4 nitrogen and oxygen atoms in total. The fourth-order valence-electron chi connectivity index (χ4n) is 2.93. The van der Waals surface area contributed by atoms with E-state index >= 15 is 0 Å². The fourth-order valence-corrected chi connectivity index (χ4v) is 4.62. The highest BCUT2D eigenvalue weighted by atomic mass is 35.5. The topological polar surface area (TPSA) is 55.4 Å². The van der Waals surface area contributed by atoms with Gasteiger partial charge in [-0.25, -0.2) is 13.1 Å². The van der Waals surface area contributed by atoms with E-state index in [0.29, 0.717) is 16.7 Å². The molecule has 0 aromatic heterocycles. The monoisotopic (exact) mass is 331 g/mol. The number of methoxy groups -OCH3 is 1. The molecule has 1 fully saturated rings. The van der Waals surface area contributed by atoms with E-state index in [1.54, 1.807) is 6.07 Å². The van der Waals surface area contributed by atoms with Gasteiger partial charge in [-0.2, -0.15) is 0 Å². The van der Waals surface area contributed by atoms with Gasteiger partial charge < -0.3 is 4.74 Å². The van der Waals surface area contributed by atoms with Gasteiger partial charge in [-0.1, -0.05) is 37.8 Å². The Hall–Kier alpha value is -0.780. The summed E-state index contributed by atoms with van der Waals surface area (Å²) in [4.78, 5) is 0.189. The second-order valence-electron chi connectivity index (χ2n) is 5.48. The second kappa shape index (κ2) is 6.99. The third kappa shape index (κ3) is 3.90. The number of halogens is 1. The highest BCUT2D eigenvalue weighted by Gasteiger charge is 2.28. The molecule has 21 heavy (non-hydrogen) atoms. The third-order valence-corrected chi connectivity index (χ3v) is 5.96. The van der Waals surface area contributed by atoms with Crippen molar-refractivity contribution < 1.29 is 13.2 Å². The molecule has 2 rings (SSSR count). The molecule has 1 aliphatic carbocycles. The van der Waals surface area contributed by atoms with Crippen LogP contribution in [0.25, 0.3) is 0 Å². The van der Waals surface area contributed by atoms with Gasteiger partial charge in [-0.05, 0) is 37.0 Å². The summed E-state index contributed by atoms with van der Waals surface area (Å²) in [5, 5.41) is 0.302. The molecule has 0 radical (unpaired) electrons. The summed E-state index contributed by atoms with van der Waals surface area (Å²) in [7, 11) is -2.04. The highest BCUT2D eigenvalue weighted by Crippen LogP contribution is 2.30. The predicted molar refractivity (Wildman–Crippen MR) is 84.4 cm³/mol. The van der Waals surface area contributed by atoms with Gasteiger partial charge in [0.05, 0.1) is 17.0 Å². The van der Waals surface area contributed by atoms with Crippen LogP contribution >= 0.6 is 11.6 Å². The van der Waals surface area contributed by atoms with Gasteiger partial charge in [0.25, 0.3) is 0 Å². The van der Waals surface area contributed by atoms with E-state index in [-0.39, 0.29) is 10.9 Å². The van der Waals surface area contributed by atoms with E-state index in [2.05, 4.69) is 11.6 Å². The van der Waals surface area contributed by atoms with Crippen LogP contribution in [-0.2, 0) is 10.0 Å². The molecule has 0 bridgehead atoms. The number of ether oxygens (including phenoxy) is 1. The minimum atomic E-state index is -3.54. The molecule has 2 atom stereocenters. The minimum absolute atomic E-state index is 0.0228. The third-order valence-electron chi connectivity index (χ3n) is 4.17. The van der Waals surface area contributed by atoms with E-state index in [4.69, 9.17) is 16.3 Å². The minimum Gasteiger partial charge on any atom is -0.495 e. The number of hydrogen-bond acceptors (Lipinski definition) is 3. The van der Waals surface area contributed by atoms with Crippen LogP contribution in [-0.4, -0.2) is 21.6 Å². The maximum absolute atomic E-state index is 12.5. The molecule has 1 saturated carbocycles. The predicted octanol–water partition coefficient (Wildman–Crippen LogP) is 3.60. The summed E-state index contributed by atoms with van der Waals surface area (Å²) >= 11 is 6.02. The first-order valence-corrected chi connectivity index (χ1v) is 9.20. The Balaban J connectivity index is 2.19. The van der Waals surface area contributed by atoms with Crippen LogP contribution in [0, 0.1) is 5.92 Å². The SMILES string of the molecule is CC[C@@H]1CCCC[C@@H]1NS(=O)(=O)c1ccc(OC)c(Cl)c1. The first-order valence-electron chi connectivity index (χ1n) is 7.33. The van der Waals surface area contributed by atoms with Gasteiger partial charge in [0.15, 0.2) is 0 Å². The van der Waals surface area contributed by atoms with E-state index in [9.17, 15) is 8.42 Å². The quantitative estimate of drug-likeness (QED) is 0.897. The summed E-state index contributed by atoms with van der Waals surface area (Å²) in [6, 6.07) is 4.56. The summed E-state index contributed by atoms with van der Waals surface area (Å²) < 4.78 is 32.9. The number of benzene rings is 1. The molecular formula is C15H22ClNO3S. The normalized spacial score (nSPS) is 23.0. The fraction of sp³-hybridized carbons (Fsp3) is 0.600. The van der Waals surface area contributed by atoms with Crippen LogP contribution in [0.3, 0.4) is 0 Å². The summed E-state index contributed by atoms with van der Waals surface area (Å²) in [6.07, 6.45) is 5.25. The van der Waals surface area contributed by atoms with Crippen molar-refractivity contribution in [2.75, 3.05) is 7.11 Å². The lowest BCUT2D eigenvalue weighted by Gasteiger charge is -2.31. The Kier molecular flexibility index (Phi) is 5.52. The molecular weight excluding hydrogens is 310 g/mol. The standard InChI is InChI=1S/C15H22ClNO3S/c1-3-11-6-4-5-7-14(11)17-21(18,19)12-8-9-15(20-2)13(16)10-12/h8-11,14,17H,3-7H2,1-2H3/t11-,14+/m1/s1. The van der Waals surface area contributed by atoms with Crippen molar-refractivity contribution in [3.05, 3.63) is 23.2 Å². The van der Waals surface area contributed by atoms with Crippen LogP contribution < -0.4 is 9.46 Å². The zero-order valence-electron chi connectivity index (χ0n) is 12.4. The molecule has 118 valence electrons. The Morgan fingerprint density at radius 1 is 1.33 bits per heavy atom. The summed E-state index contributed by atoms with van der Waals surface area (Å²) in [5.74, 6) is 0.891. The van der Waals surface area contributed by atoms with Crippen molar-refractivity contribution in [1.29, 1.82) is 0 Å². The van der Waals surface area contributed by atoms with E-state index in [0.717, 1.165) is 25.7 Å². The maximum atomic E-state index is 12.5. The van der Waals surface area contributed by atoms with Crippen molar-refractivity contribution in [1.82, 2.24) is 4.72 Å². The molecule has 1 aromatic carbocycles. The second-order valence-corrected chi connectivity index (χ2v) is 7.60. The molecule has 0 amide bonds. The van der Waals surface area contributed by atoms with Gasteiger partial charge in [0, 0.05) is 6.04 Å². The van der Waals surface area contributed by atoms with Crippen LogP contribution in [0.1, 0.15) is 39.0 Å². The summed E-state index contributed by atoms with van der Waals surface area (Å²) in [5.41, 5.74) is 0. The molecule has 1 aliphatic rings. The average Bonchev–Trinajstić information content (AvgIpc) is 2.47. The van der Waals surface area contributed by atoms with Gasteiger partial charge in [-0.3, -0.25) is 0 Å². The van der Waals surface area contributed by atoms with Crippen molar-refractivity contribution in [3.8, 4) is 5.75 Å². The highest BCUT2D eigenvalue weighted by molar-refractivity contribution is 7.89. The molecule has 0 unspecified atom stereocenters. The number of rotatable bonds is 5.